The van der Waals surface area contributed by atoms with E-state index in [9.17, 15) is 0 Å². The van der Waals surface area contributed by atoms with Crippen LogP contribution < -0.4 is 0 Å². The third-order valence-electron chi connectivity index (χ3n) is 5.01. The van der Waals surface area contributed by atoms with Crippen LogP contribution in [0.2, 0.25) is 0 Å². The molecule has 1 fully saturated rings. The van der Waals surface area contributed by atoms with Crippen LogP contribution in [0, 0.1) is 4.77 Å². The molecule has 1 aliphatic heterocycles. The van der Waals surface area contributed by atoms with Crippen molar-refractivity contribution in [2.75, 3.05) is 6.61 Å². The van der Waals surface area contributed by atoms with Gasteiger partial charge in [0, 0.05) is 12.2 Å². The van der Waals surface area contributed by atoms with E-state index in [1.54, 1.807) is 4.68 Å². The van der Waals surface area contributed by atoms with Crippen LogP contribution >= 0.6 is 12.2 Å². The minimum atomic E-state index is -0.0561. The van der Waals surface area contributed by atoms with E-state index in [1.807, 2.05) is 6.21 Å². The fourth-order valence-corrected chi connectivity index (χ4v) is 3.89. The molecule has 134 valence electrons. The van der Waals surface area contributed by atoms with Crippen molar-refractivity contribution in [2.45, 2.75) is 18.9 Å². The molecule has 3 aromatic carbocycles. The summed E-state index contributed by atoms with van der Waals surface area (Å²) in [6.45, 7) is 0.752. The van der Waals surface area contributed by atoms with E-state index in [0.717, 1.165) is 41.6 Å². The van der Waals surface area contributed by atoms with Crippen LogP contribution in [-0.4, -0.2) is 27.7 Å². The summed E-state index contributed by atoms with van der Waals surface area (Å²) in [4.78, 5) is 0. The molecule has 0 radical (unpaired) electrons. The lowest BCUT2D eigenvalue weighted by Crippen LogP contribution is -2.05. The van der Waals surface area contributed by atoms with E-state index < -0.39 is 0 Å². The summed E-state index contributed by atoms with van der Waals surface area (Å²) >= 11 is 5.39. The number of H-pyrrole nitrogens is 1. The standard InChI is InChI=1S/C21H18N4OS/c27-21-24-23-20(19-10-5-11-26-19)25(21)22-13-18-16-8-3-1-6-14(16)12-15-7-2-4-9-17(15)18/h1-4,6-9,12-13,19H,5,10-11H2,(H,24,27)/b22-13-/t19-/m1/s1. The Morgan fingerprint density at radius 1 is 1.11 bits per heavy atom. The van der Waals surface area contributed by atoms with E-state index in [2.05, 4.69) is 64.8 Å². The third kappa shape index (κ3) is 2.87. The topological polar surface area (TPSA) is 55.2 Å². The fraction of sp³-hybridized carbons (Fsp3) is 0.190. The maximum Gasteiger partial charge on any atom is 0.216 e. The number of fused-ring (bicyclic) bond motifs is 2. The first-order valence-electron chi connectivity index (χ1n) is 9.05. The zero-order valence-electron chi connectivity index (χ0n) is 14.6. The van der Waals surface area contributed by atoms with Crippen LogP contribution in [0.15, 0.2) is 59.7 Å². The minimum absolute atomic E-state index is 0.0561. The fourth-order valence-electron chi connectivity index (χ4n) is 3.71. The Bertz CT molecular complexity index is 1160. The predicted molar refractivity (Wildman–Crippen MR) is 110 cm³/mol. The van der Waals surface area contributed by atoms with Crippen molar-refractivity contribution in [3.05, 3.63) is 70.8 Å². The molecule has 1 saturated heterocycles. The Balaban J connectivity index is 1.68. The number of ether oxygens (including phenoxy) is 1. The van der Waals surface area contributed by atoms with Gasteiger partial charge in [0.2, 0.25) is 4.77 Å². The summed E-state index contributed by atoms with van der Waals surface area (Å²) in [5, 5.41) is 16.6. The van der Waals surface area contributed by atoms with Gasteiger partial charge in [-0.3, -0.25) is 5.10 Å². The highest BCUT2D eigenvalue weighted by molar-refractivity contribution is 7.71. The Kier molecular flexibility index (Phi) is 4.07. The van der Waals surface area contributed by atoms with Crippen molar-refractivity contribution in [3.8, 4) is 0 Å². The van der Waals surface area contributed by atoms with Gasteiger partial charge in [0.15, 0.2) is 5.82 Å². The third-order valence-corrected chi connectivity index (χ3v) is 5.27. The van der Waals surface area contributed by atoms with Gasteiger partial charge in [-0.25, -0.2) is 0 Å². The molecule has 5 rings (SSSR count). The van der Waals surface area contributed by atoms with Gasteiger partial charge in [-0.15, -0.1) is 0 Å². The molecule has 0 aliphatic carbocycles. The molecular formula is C21H18N4OS. The first-order chi connectivity index (χ1) is 13.3. The first kappa shape index (κ1) is 16.4. The van der Waals surface area contributed by atoms with E-state index in [0.29, 0.717) is 4.77 Å². The molecule has 5 nitrogen and oxygen atoms in total. The number of aromatic nitrogens is 3. The number of rotatable bonds is 3. The van der Waals surface area contributed by atoms with Crippen molar-refractivity contribution < 1.29 is 4.74 Å². The Morgan fingerprint density at radius 3 is 2.48 bits per heavy atom. The molecule has 1 aromatic heterocycles. The first-order valence-corrected chi connectivity index (χ1v) is 9.46. The highest BCUT2D eigenvalue weighted by atomic mass is 32.1. The number of benzene rings is 3. The molecule has 0 bridgehead atoms. The average Bonchev–Trinajstić information content (AvgIpc) is 3.35. The second-order valence-electron chi connectivity index (χ2n) is 6.68. The summed E-state index contributed by atoms with van der Waals surface area (Å²) < 4.78 is 7.92. The Hall–Kier alpha value is -2.83. The summed E-state index contributed by atoms with van der Waals surface area (Å²) in [6.07, 6.45) is 3.79. The Labute approximate surface area is 161 Å². The second kappa shape index (κ2) is 6.72. The van der Waals surface area contributed by atoms with E-state index in [1.165, 1.54) is 10.8 Å². The summed E-state index contributed by atoms with van der Waals surface area (Å²) in [6, 6.07) is 18.9. The number of hydrogen-bond donors (Lipinski definition) is 1. The molecular weight excluding hydrogens is 356 g/mol. The molecule has 0 spiro atoms. The van der Waals surface area contributed by atoms with E-state index in [-0.39, 0.29) is 6.10 Å². The van der Waals surface area contributed by atoms with Crippen molar-refractivity contribution in [1.29, 1.82) is 0 Å². The van der Waals surface area contributed by atoms with Crippen LogP contribution in [0.3, 0.4) is 0 Å². The zero-order valence-corrected chi connectivity index (χ0v) is 15.4. The van der Waals surface area contributed by atoms with E-state index >= 15 is 0 Å². The zero-order chi connectivity index (χ0) is 18.2. The van der Waals surface area contributed by atoms with Gasteiger partial charge in [-0.1, -0.05) is 48.5 Å². The van der Waals surface area contributed by atoms with Crippen molar-refractivity contribution in [1.82, 2.24) is 14.9 Å². The molecule has 1 aliphatic rings. The highest BCUT2D eigenvalue weighted by Crippen LogP contribution is 2.29. The van der Waals surface area contributed by atoms with Crippen LogP contribution in [0.4, 0.5) is 0 Å². The van der Waals surface area contributed by atoms with Gasteiger partial charge in [0.25, 0.3) is 0 Å². The molecule has 4 aromatic rings. The Morgan fingerprint density at radius 2 is 1.81 bits per heavy atom. The lowest BCUT2D eigenvalue weighted by atomic mass is 9.97. The molecule has 6 heteroatoms. The molecule has 0 unspecified atom stereocenters. The largest absolute Gasteiger partial charge is 0.370 e. The smallest absolute Gasteiger partial charge is 0.216 e. The minimum Gasteiger partial charge on any atom is -0.370 e. The molecule has 0 amide bonds. The number of hydrogen-bond acceptors (Lipinski definition) is 4. The summed E-state index contributed by atoms with van der Waals surface area (Å²) in [5.74, 6) is 0.735. The molecule has 1 atom stereocenters. The van der Waals surface area contributed by atoms with Crippen molar-refractivity contribution >= 4 is 40.0 Å². The second-order valence-corrected chi connectivity index (χ2v) is 7.06. The lowest BCUT2D eigenvalue weighted by Gasteiger charge is -2.09. The average molecular weight is 374 g/mol. The monoisotopic (exact) mass is 374 g/mol. The van der Waals surface area contributed by atoms with Crippen LogP contribution in [0.5, 0.6) is 0 Å². The van der Waals surface area contributed by atoms with Gasteiger partial charge in [-0.05, 0) is 52.7 Å². The predicted octanol–water partition coefficient (Wildman–Crippen LogP) is 4.98. The van der Waals surface area contributed by atoms with Gasteiger partial charge in [0.05, 0.1) is 6.21 Å². The molecule has 0 saturated carbocycles. The molecule has 27 heavy (non-hydrogen) atoms. The summed E-state index contributed by atoms with van der Waals surface area (Å²) in [7, 11) is 0. The van der Waals surface area contributed by atoms with Gasteiger partial charge in [-0.2, -0.15) is 14.9 Å². The number of nitrogens with zero attached hydrogens (tertiary/aromatic N) is 3. The normalized spacial score (nSPS) is 17.4. The van der Waals surface area contributed by atoms with Crippen LogP contribution in [0.1, 0.15) is 30.3 Å². The van der Waals surface area contributed by atoms with Crippen LogP contribution in [-0.2, 0) is 4.74 Å². The highest BCUT2D eigenvalue weighted by Gasteiger charge is 2.23. The lowest BCUT2D eigenvalue weighted by molar-refractivity contribution is 0.102. The number of aromatic amines is 1. The molecule has 1 N–H and O–H groups in total. The maximum absolute atomic E-state index is 5.76. The van der Waals surface area contributed by atoms with Gasteiger partial charge in [0.1, 0.15) is 6.10 Å². The SMILES string of the molecule is S=c1[nH]nc([C@H]2CCCO2)n1/N=C\c1c2ccccc2cc2ccccc12. The van der Waals surface area contributed by atoms with Gasteiger partial charge < -0.3 is 4.74 Å². The van der Waals surface area contributed by atoms with E-state index in [4.69, 9.17) is 22.1 Å². The quantitative estimate of drug-likeness (QED) is 0.313. The maximum atomic E-state index is 5.76. The van der Waals surface area contributed by atoms with Crippen molar-refractivity contribution in [3.63, 3.8) is 0 Å². The van der Waals surface area contributed by atoms with Gasteiger partial charge >= 0.3 is 0 Å². The summed E-state index contributed by atoms with van der Waals surface area (Å²) in [5.41, 5.74) is 1.07. The molecule has 2 heterocycles. The number of nitrogens with one attached hydrogen (secondary N) is 1. The van der Waals surface area contributed by atoms with Crippen molar-refractivity contribution in [2.24, 2.45) is 5.10 Å². The van der Waals surface area contributed by atoms with Crippen LogP contribution in [0.25, 0.3) is 21.5 Å².